The highest BCUT2D eigenvalue weighted by Gasteiger charge is 2.29. The SMILES string of the molecule is COc1ccc(CN(C(=O)c2c(F)cccc2F)c2scnc2C(=O)Nc2ccccc2N)cc1. The normalized spacial score (nSPS) is 10.6. The monoisotopic (exact) mass is 494 g/mol. The van der Waals surface area contributed by atoms with Crippen molar-refractivity contribution in [2.45, 2.75) is 6.54 Å². The molecule has 0 aliphatic heterocycles. The number of carbonyl (C=O) groups excluding carboxylic acids is 2. The molecule has 0 unspecified atom stereocenters. The van der Waals surface area contributed by atoms with Crippen molar-refractivity contribution in [1.82, 2.24) is 4.98 Å². The first-order chi connectivity index (χ1) is 16.9. The van der Waals surface area contributed by atoms with Crippen LogP contribution in [-0.2, 0) is 6.54 Å². The number of rotatable bonds is 7. The van der Waals surface area contributed by atoms with E-state index in [4.69, 9.17) is 10.5 Å². The molecule has 0 atom stereocenters. The summed E-state index contributed by atoms with van der Waals surface area (Å²) in [7, 11) is 1.52. The summed E-state index contributed by atoms with van der Waals surface area (Å²) in [4.78, 5) is 31.8. The Morgan fingerprint density at radius 2 is 1.71 bits per heavy atom. The molecular formula is C25H20F2N4O3S. The molecule has 0 aliphatic rings. The van der Waals surface area contributed by atoms with E-state index in [2.05, 4.69) is 10.3 Å². The number of ether oxygens (including phenoxy) is 1. The predicted molar refractivity (Wildman–Crippen MR) is 131 cm³/mol. The molecule has 3 aromatic carbocycles. The Hall–Kier alpha value is -4.31. The smallest absolute Gasteiger partial charge is 0.277 e. The van der Waals surface area contributed by atoms with Crippen LogP contribution in [0, 0.1) is 11.6 Å². The van der Waals surface area contributed by atoms with Crippen LogP contribution in [0.15, 0.2) is 72.2 Å². The summed E-state index contributed by atoms with van der Waals surface area (Å²) < 4.78 is 34.2. The third kappa shape index (κ3) is 5.12. The van der Waals surface area contributed by atoms with Gasteiger partial charge in [0.05, 0.1) is 30.5 Å². The number of amides is 2. The van der Waals surface area contributed by atoms with Gasteiger partial charge in [-0.15, -0.1) is 11.3 Å². The van der Waals surface area contributed by atoms with Crippen LogP contribution in [0.5, 0.6) is 5.75 Å². The number of hydrogen-bond donors (Lipinski definition) is 2. The van der Waals surface area contributed by atoms with Gasteiger partial charge in [0.15, 0.2) is 5.69 Å². The van der Waals surface area contributed by atoms with Gasteiger partial charge in [-0.1, -0.05) is 30.3 Å². The van der Waals surface area contributed by atoms with Crippen LogP contribution in [0.25, 0.3) is 0 Å². The van der Waals surface area contributed by atoms with Gasteiger partial charge >= 0.3 is 0 Å². The zero-order valence-corrected chi connectivity index (χ0v) is 19.3. The van der Waals surface area contributed by atoms with Gasteiger partial charge in [0, 0.05) is 0 Å². The molecule has 0 radical (unpaired) electrons. The van der Waals surface area contributed by atoms with Gasteiger partial charge in [-0.2, -0.15) is 0 Å². The van der Waals surface area contributed by atoms with E-state index in [1.807, 2.05) is 0 Å². The fraction of sp³-hybridized carbons (Fsp3) is 0.0800. The predicted octanol–water partition coefficient (Wildman–Crippen LogP) is 5.11. The number of nitrogens with one attached hydrogen (secondary N) is 1. The summed E-state index contributed by atoms with van der Waals surface area (Å²) in [6.07, 6.45) is 0. The van der Waals surface area contributed by atoms with Crippen molar-refractivity contribution in [3.05, 3.63) is 101 Å². The molecule has 0 fully saturated rings. The molecule has 35 heavy (non-hydrogen) atoms. The average molecular weight is 495 g/mol. The summed E-state index contributed by atoms with van der Waals surface area (Å²) in [5, 5.41) is 2.79. The molecule has 4 aromatic rings. The maximum Gasteiger partial charge on any atom is 0.277 e. The number of aromatic nitrogens is 1. The Morgan fingerprint density at radius 1 is 1.03 bits per heavy atom. The minimum Gasteiger partial charge on any atom is -0.497 e. The Morgan fingerprint density at radius 3 is 2.37 bits per heavy atom. The molecule has 0 spiro atoms. The lowest BCUT2D eigenvalue weighted by molar-refractivity contribution is 0.0977. The Bertz CT molecular complexity index is 1360. The molecular weight excluding hydrogens is 474 g/mol. The lowest BCUT2D eigenvalue weighted by atomic mass is 10.1. The van der Waals surface area contributed by atoms with Gasteiger partial charge < -0.3 is 15.8 Å². The summed E-state index contributed by atoms with van der Waals surface area (Å²) in [6.45, 7) is -0.0768. The Kier molecular flexibility index (Phi) is 7.02. The maximum atomic E-state index is 14.5. The number of thiazole rings is 1. The molecule has 4 rings (SSSR count). The van der Waals surface area contributed by atoms with E-state index in [1.54, 1.807) is 48.5 Å². The Balaban J connectivity index is 1.74. The van der Waals surface area contributed by atoms with Gasteiger partial charge in [0.25, 0.3) is 11.8 Å². The molecule has 7 nitrogen and oxygen atoms in total. The quantitative estimate of drug-likeness (QED) is 0.348. The lowest BCUT2D eigenvalue weighted by Crippen LogP contribution is -2.33. The van der Waals surface area contributed by atoms with Crippen molar-refractivity contribution in [3.8, 4) is 5.75 Å². The number of anilines is 3. The van der Waals surface area contributed by atoms with Crippen molar-refractivity contribution < 1.29 is 23.1 Å². The van der Waals surface area contributed by atoms with E-state index in [9.17, 15) is 18.4 Å². The largest absolute Gasteiger partial charge is 0.497 e. The molecule has 1 aromatic heterocycles. The van der Waals surface area contributed by atoms with Gasteiger partial charge in [-0.25, -0.2) is 13.8 Å². The first kappa shape index (κ1) is 23.8. The van der Waals surface area contributed by atoms with Crippen molar-refractivity contribution in [3.63, 3.8) is 0 Å². The number of benzene rings is 3. The third-order valence-corrected chi connectivity index (χ3v) is 5.99. The standard InChI is InChI=1S/C25H20F2N4O3S/c1-34-16-11-9-15(10-12-16)13-31(24(33)21-17(26)5-4-6-18(21)27)25-22(29-14-35-25)23(32)30-20-8-3-2-7-19(20)28/h2-12,14H,13,28H2,1H3,(H,30,32). The van der Waals surface area contributed by atoms with E-state index in [0.29, 0.717) is 22.7 Å². The number of carbonyl (C=O) groups is 2. The van der Waals surface area contributed by atoms with Crippen LogP contribution in [0.2, 0.25) is 0 Å². The molecule has 0 aliphatic carbocycles. The van der Waals surface area contributed by atoms with E-state index < -0.39 is 29.0 Å². The van der Waals surface area contributed by atoms with Crippen LogP contribution in [0.1, 0.15) is 26.4 Å². The second-order valence-electron chi connectivity index (χ2n) is 7.38. The second-order valence-corrected chi connectivity index (χ2v) is 8.22. The molecule has 178 valence electrons. The Labute approximate surface area is 203 Å². The molecule has 0 saturated heterocycles. The van der Waals surface area contributed by atoms with E-state index in [-0.39, 0.29) is 17.2 Å². The van der Waals surface area contributed by atoms with Crippen LogP contribution in [0.4, 0.5) is 25.2 Å². The van der Waals surface area contributed by atoms with Gasteiger partial charge in [-0.3, -0.25) is 14.5 Å². The van der Waals surface area contributed by atoms with E-state index in [1.165, 1.54) is 18.7 Å². The molecule has 3 N–H and O–H groups in total. The summed E-state index contributed by atoms with van der Waals surface area (Å²) >= 11 is 0.995. The number of nitrogen functional groups attached to an aromatic ring is 1. The molecule has 1 heterocycles. The van der Waals surface area contributed by atoms with Crippen molar-refractivity contribution >= 4 is 39.5 Å². The average Bonchev–Trinajstić information content (AvgIpc) is 3.34. The highest BCUT2D eigenvalue weighted by atomic mass is 32.1. The number of methoxy groups -OCH3 is 1. The van der Waals surface area contributed by atoms with Crippen LogP contribution < -0.4 is 20.7 Å². The van der Waals surface area contributed by atoms with Crippen LogP contribution >= 0.6 is 11.3 Å². The number of para-hydroxylation sites is 2. The summed E-state index contributed by atoms with van der Waals surface area (Å²) in [6, 6.07) is 16.6. The highest BCUT2D eigenvalue weighted by Crippen LogP contribution is 2.31. The van der Waals surface area contributed by atoms with Crippen LogP contribution in [-0.4, -0.2) is 23.9 Å². The van der Waals surface area contributed by atoms with E-state index in [0.717, 1.165) is 28.4 Å². The topological polar surface area (TPSA) is 97.5 Å². The zero-order valence-electron chi connectivity index (χ0n) is 18.5. The van der Waals surface area contributed by atoms with Crippen molar-refractivity contribution in [1.29, 1.82) is 0 Å². The van der Waals surface area contributed by atoms with Gasteiger partial charge in [0.2, 0.25) is 0 Å². The molecule has 0 bridgehead atoms. The van der Waals surface area contributed by atoms with Crippen molar-refractivity contribution in [2.75, 3.05) is 23.1 Å². The second kappa shape index (κ2) is 10.3. The number of nitrogens with zero attached hydrogens (tertiary/aromatic N) is 2. The fourth-order valence-corrected chi connectivity index (χ4v) is 4.16. The minimum absolute atomic E-state index is 0.0768. The maximum absolute atomic E-state index is 14.5. The first-order valence-electron chi connectivity index (χ1n) is 10.4. The van der Waals surface area contributed by atoms with Gasteiger partial charge in [-0.05, 0) is 42.0 Å². The lowest BCUT2D eigenvalue weighted by Gasteiger charge is -2.23. The highest BCUT2D eigenvalue weighted by molar-refractivity contribution is 7.14. The van der Waals surface area contributed by atoms with Crippen molar-refractivity contribution in [2.24, 2.45) is 0 Å². The molecule has 10 heteroatoms. The van der Waals surface area contributed by atoms with E-state index >= 15 is 0 Å². The summed E-state index contributed by atoms with van der Waals surface area (Å²) in [5.74, 6) is -3.00. The fourth-order valence-electron chi connectivity index (χ4n) is 3.37. The summed E-state index contributed by atoms with van der Waals surface area (Å²) in [5.41, 5.74) is 7.83. The zero-order chi connectivity index (χ0) is 24.9. The number of hydrogen-bond acceptors (Lipinski definition) is 6. The van der Waals surface area contributed by atoms with Crippen LogP contribution in [0.3, 0.4) is 0 Å². The first-order valence-corrected chi connectivity index (χ1v) is 11.2. The number of nitrogens with two attached hydrogens (primary N) is 1. The minimum atomic E-state index is -1.01. The molecule has 0 saturated carbocycles. The number of halogens is 2. The molecule has 2 amide bonds. The third-order valence-electron chi connectivity index (χ3n) is 5.14. The van der Waals surface area contributed by atoms with Gasteiger partial charge in [0.1, 0.15) is 27.9 Å².